The molecule has 0 unspecified atom stereocenters. The Hall–Kier alpha value is -3.49. The molecular weight excluding hydrogens is 434 g/mol. The molecule has 178 valence electrons. The number of allylic oxidation sites excluding steroid dienone is 1. The summed E-state index contributed by atoms with van der Waals surface area (Å²) < 4.78 is 13.5. The van der Waals surface area contributed by atoms with E-state index in [0.717, 1.165) is 73.2 Å². The molecule has 8 heteroatoms. The van der Waals surface area contributed by atoms with Gasteiger partial charge in [-0.25, -0.2) is 0 Å². The maximum Gasteiger partial charge on any atom is 0.235 e. The summed E-state index contributed by atoms with van der Waals surface area (Å²) in [4.78, 5) is 17.8. The van der Waals surface area contributed by atoms with Crippen LogP contribution in [-0.4, -0.2) is 77.2 Å². The van der Waals surface area contributed by atoms with Crippen LogP contribution in [0.5, 0.6) is 23.0 Å². The second-order valence-corrected chi connectivity index (χ2v) is 8.96. The molecule has 2 aliphatic heterocycles. The van der Waals surface area contributed by atoms with Crippen molar-refractivity contribution < 1.29 is 24.5 Å². The fraction of sp³-hybridized carbons (Fsp3) is 0.346. The number of carbonyl (C=O) groups excluding carboxylic acids is 1. The molecule has 3 heterocycles. The number of hydrogen-bond donors (Lipinski definition) is 2. The average molecular weight is 464 g/mol. The molecule has 1 aromatic heterocycles. The van der Waals surface area contributed by atoms with Gasteiger partial charge in [0.2, 0.25) is 5.78 Å². The van der Waals surface area contributed by atoms with Crippen molar-refractivity contribution in [2.75, 3.05) is 46.9 Å². The van der Waals surface area contributed by atoms with Gasteiger partial charge in [-0.2, -0.15) is 0 Å². The van der Waals surface area contributed by atoms with Gasteiger partial charge in [-0.3, -0.25) is 9.69 Å². The fourth-order valence-corrected chi connectivity index (χ4v) is 4.81. The summed E-state index contributed by atoms with van der Waals surface area (Å²) in [6.07, 6.45) is 1.72. The van der Waals surface area contributed by atoms with E-state index in [1.165, 1.54) is 6.07 Å². The highest BCUT2D eigenvalue weighted by molar-refractivity contribution is 6.17. The predicted molar refractivity (Wildman–Crippen MR) is 130 cm³/mol. The number of fused-ring (bicyclic) bond motifs is 2. The number of carbonyl (C=O) groups is 1. The number of benzene rings is 2. The first kappa shape index (κ1) is 22.3. The summed E-state index contributed by atoms with van der Waals surface area (Å²) in [7, 11) is 3.78. The van der Waals surface area contributed by atoms with E-state index in [1.54, 1.807) is 13.2 Å². The molecule has 1 fully saturated rings. The zero-order valence-electron chi connectivity index (χ0n) is 19.7. The van der Waals surface area contributed by atoms with Gasteiger partial charge in [0, 0.05) is 73.6 Å². The minimum atomic E-state index is -0.409. The zero-order chi connectivity index (χ0) is 24.0. The number of nitrogens with zero attached hydrogens (tertiary/aromatic N) is 3. The molecule has 0 spiro atoms. The van der Waals surface area contributed by atoms with E-state index in [2.05, 4.69) is 21.4 Å². The highest BCUT2D eigenvalue weighted by atomic mass is 16.5. The number of methoxy groups -OCH3 is 1. The quantitative estimate of drug-likeness (QED) is 0.562. The normalized spacial score (nSPS) is 18.0. The van der Waals surface area contributed by atoms with Gasteiger partial charge >= 0.3 is 0 Å². The molecular formula is C26H29N3O5. The number of aromatic hydroxyl groups is 2. The van der Waals surface area contributed by atoms with E-state index >= 15 is 0 Å². The standard InChI is InChI=1S/C26H29N3O5/c1-16-19(15-24-26(32)25-22(31)12-17(30)13-23(25)34-24)20-14-18(33-3)4-5-21(20)29(16)11-10-28-8-6-27(2)7-9-28/h4-5,12-15,30-31H,6-11H2,1-3H3. The Labute approximate surface area is 198 Å². The fourth-order valence-electron chi connectivity index (χ4n) is 4.81. The van der Waals surface area contributed by atoms with Crippen LogP contribution in [0.1, 0.15) is 21.6 Å². The van der Waals surface area contributed by atoms with Gasteiger partial charge in [0.05, 0.1) is 7.11 Å². The van der Waals surface area contributed by atoms with Crippen molar-refractivity contribution in [1.29, 1.82) is 0 Å². The summed E-state index contributed by atoms with van der Waals surface area (Å²) in [5.41, 5.74) is 3.01. The number of phenolic OH excluding ortho intramolecular Hbond substituents is 2. The van der Waals surface area contributed by atoms with Crippen LogP contribution in [0.15, 0.2) is 36.1 Å². The predicted octanol–water partition coefficient (Wildman–Crippen LogP) is 3.23. The second-order valence-electron chi connectivity index (χ2n) is 8.96. The van der Waals surface area contributed by atoms with Crippen molar-refractivity contribution >= 4 is 22.8 Å². The molecule has 0 aliphatic carbocycles. The Balaban J connectivity index is 1.52. The molecule has 34 heavy (non-hydrogen) atoms. The molecule has 0 atom stereocenters. The van der Waals surface area contributed by atoms with Crippen molar-refractivity contribution in [3.63, 3.8) is 0 Å². The van der Waals surface area contributed by atoms with E-state index in [0.29, 0.717) is 0 Å². The van der Waals surface area contributed by atoms with Crippen LogP contribution in [0.2, 0.25) is 0 Å². The Bertz CT molecular complexity index is 1300. The van der Waals surface area contributed by atoms with Crippen LogP contribution < -0.4 is 9.47 Å². The lowest BCUT2D eigenvalue weighted by Crippen LogP contribution is -2.45. The van der Waals surface area contributed by atoms with Gasteiger partial charge in [0.25, 0.3) is 0 Å². The molecule has 1 saturated heterocycles. The monoisotopic (exact) mass is 463 g/mol. The highest BCUT2D eigenvalue weighted by Crippen LogP contribution is 2.41. The Morgan fingerprint density at radius 2 is 1.85 bits per heavy atom. The summed E-state index contributed by atoms with van der Waals surface area (Å²) in [5.74, 6) is 0.131. The molecule has 2 N–H and O–H groups in total. The molecule has 0 bridgehead atoms. The van der Waals surface area contributed by atoms with Crippen molar-refractivity contribution in [2.45, 2.75) is 13.5 Å². The summed E-state index contributed by atoms with van der Waals surface area (Å²) >= 11 is 0. The van der Waals surface area contributed by atoms with Gasteiger partial charge in [0.15, 0.2) is 5.76 Å². The largest absolute Gasteiger partial charge is 0.508 e. The molecule has 2 aliphatic rings. The van der Waals surface area contributed by atoms with Gasteiger partial charge in [0.1, 0.15) is 28.6 Å². The van der Waals surface area contributed by atoms with Crippen LogP contribution in [0, 0.1) is 6.92 Å². The number of rotatable bonds is 5. The Morgan fingerprint density at radius 1 is 1.09 bits per heavy atom. The minimum absolute atomic E-state index is 0.0677. The van der Waals surface area contributed by atoms with E-state index in [-0.39, 0.29) is 28.6 Å². The SMILES string of the molecule is COc1ccc2c(c1)c(C=C1Oc3cc(O)cc(O)c3C1=O)c(C)n2CCN1CCN(C)CC1. The first-order valence-corrected chi connectivity index (χ1v) is 11.4. The number of likely N-dealkylation sites (N-methyl/N-ethyl adjacent to an activating group) is 1. The van der Waals surface area contributed by atoms with Crippen LogP contribution in [-0.2, 0) is 6.54 Å². The second kappa shape index (κ2) is 8.70. The van der Waals surface area contributed by atoms with E-state index in [1.807, 2.05) is 25.1 Å². The number of hydrogen-bond acceptors (Lipinski definition) is 7. The molecule has 0 amide bonds. The van der Waals surface area contributed by atoms with Crippen molar-refractivity contribution in [3.8, 4) is 23.0 Å². The smallest absolute Gasteiger partial charge is 0.235 e. The highest BCUT2D eigenvalue weighted by Gasteiger charge is 2.32. The number of ketones is 1. The minimum Gasteiger partial charge on any atom is -0.508 e. The lowest BCUT2D eigenvalue weighted by atomic mass is 10.1. The van der Waals surface area contributed by atoms with Crippen molar-refractivity contribution in [1.82, 2.24) is 14.4 Å². The molecule has 0 saturated carbocycles. The first-order chi connectivity index (χ1) is 16.4. The third-order valence-corrected chi connectivity index (χ3v) is 6.83. The number of aromatic nitrogens is 1. The summed E-state index contributed by atoms with van der Waals surface area (Å²) in [5, 5.41) is 20.9. The average Bonchev–Trinajstić information content (AvgIpc) is 3.26. The third kappa shape index (κ3) is 3.89. The lowest BCUT2D eigenvalue weighted by Gasteiger charge is -2.32. The van der Waals surface area contributed by atoms with Crippen molar-refractivity contribution in [2.24, 2.45) is 0 Å². The van der Waals surface area contributed by atoms with Gasteiger partial charge in [-0.1, -0.05) is 0 Å². The number of phenols is 2. The number of ether oxygens (including phenoxy) is 2. The van der Waals surface area contributed by atoms with E-state index in [9.17, 15) is 15.0 Å². The van der Waals surface area contributed by atoms with Crippen LogP contribution in [0.3, 0.4) is 0 Å². The molecule has 0 radical (unpaired) electrons. The summed E-state index contributed by atoms with van der Waals surface area (Å²) in [6.45, 7) is 8.05. The topological polar surface area (TPSA) is 87.4 Å². The van der Waals surface area contributed by atoms with Crippen molar-refractivity contribution in [3.05, 3.63) is 52.9 Å². The number of Topliss-reactive ketones (excluding diaryl/α,β-unsaturated/α-hetero) is 1. The number of piperazine rings is 1. The Kier molecular flexibility index (Phi) is 5.71. The third-order valence-electron chi connectivity index (χ3n) is 6.83. The van der Waals surface area contributed by atoms with Crippen LogP contribution in [0.25, 0.3) is 17.0 Å². The van der Waals surface area contributed by atoms with Crippen LogP contribution in [0.4, 0.5) is 0 Å². The lowest BCUT2D eigenvalue weighted by molar-refractivity contribution is 0.101. The first-order valence-electron chi connectivity index (χ1n) is 11.4. The van der Waals surface area contributed by atoms with Gasteiger partial charge in [-0.15, -0.1) is 0 Å². The summed E-state index contributed by atoms with van der Waals surface area (Å²) in [6, 6.07) is 8.44. The van der Waals surface area contributed by atoms with Crippen LogP contribution >= 0.6 is 0 Å². The molecule has 2 aromatic carbocycles. The molecule has 5 rings (SSSR count). The van der Waals surface area contributed by atoms with E-state index < -0.39 is 5.78 Å². The zero-order valence-corrected chi connectivity index (χ0v) is 19.7. The maximum atomic E-state index is 13.0. The maximum absolute atomic E-state index is 13.0. The van der Waals surface area contributed by atoms with E-state index in [4.69, 9.17) is 9.47 Å². The van der Waals surface area contributed by atoms with Gasteiger partial charge in [-0.05, 0) is 38.2 Å². The molecule has 8 nitrogen and oxygen atoms in total. The van der Waals surface area contributed by atoms with Gasteiger partial charge < -0.3 is 29.2 Å². The molecule has 3 aromatic rings. The Morgan fingerprint density at radius 3 is 2.59 bits per heavy atom.